The first kappa shape index (κ1) is 23.1. The maximum atomic E-state index is 13.6. The first-order valence-electron chi connectivity index (χ1n) is 11.0. The molecule has 2 unspecified atom stereocenters. The molecule has 5 rings (SSSR count). The van der Waals surface area contributed by atoms with Crippen molar-refractivity contribution in [3.63, 3.8) is 0 Å². The Balaban J connectivity index is 1.42. The smallest absolute Gasteiger partial charge is 0.269 e. The van der Waals surface area contributed by atoms with Gasteiger partial charge in [0.05, 0.1) is 12.8 Å². The number of halogens is 1. The number of nitrogens with zero attached hydrogens (tertiary/aromatic N) is 4. The van der Waals surface area contributed by atoms with Crippen molar-refractivity contribution in [2.75, 3.05) is 6.61 Å². The lowest BCUT2D eigenvalue weighted by Crippen LogP contribution is -2.61. The van der Waals surface area contributed by atoms with Gasteiger partial charge in [0.15, 0.2) is 6.23 Å². The number of aryl methyl sites for hydroxylation is 1. The number of carbonyl (C=O) groups excluding carboxylic acids is 1. The van der Waals surface area contributed by atoms with E-state index in [9.17, 15) is 24.5 Å². The molecule has 5 atom stereocenters. The molecule has 35 heavy (non-hydrogen) atoms. The number of hydrogen-bond acceptors (Lipinski definition) is 7. The van der Waals surface area contributed by atoms with Crippen LogP contribution in [0.4, 0.5) is 4.39 Å². The molecule has 1 aliphatic heterocycles. The molecule has 0 aliphatic carbocycles. The summed E-state index contributed by atoms with van der Waals surface area (Å²) in [7, 11) is 1.75. The number of aliphatic hydroxyl groups excluding tert-OH is 3. The molecule has 4 aromatic rings. The van der Waals surface area contributed by atoms with E-state index in [1.165, 1.54) is 29.1 Å². The van der Waals surface area contributed by atoms with Gasteiger partial charge in [-0.1, -0.05) is 35.5 Å². The van der Waals surface area contributed by atoms with Gasteiger partial charge in [-0.2, -0.15) is 0 Å². The van der Waals surface area contributed by atoms with E-state index in [4.69, 9.17) is 4.74 Å². The third kappa shape index (κ3) is 4.19. The van der Waals surface area contributed by atoms with Crippen molar-refractivity contribution < 1.29 is 29.2 Å². The molecule has 11 heteroatoms. The van der Waals surface area contributed by atoms with E-state index in [0.29, 0.717) is 17.0 Å². The second-order valence-electron chi connectivity index (χ2n) is 8.46. The summed E-state index contributed by atoms with van der Waals surface area (Å²) in [5.74, 6) is -0.946. The molecule has 0 spiro atoms. The predicted octanol–water partition coefficient (Wildman–Crippen LogP) is 0.986. The number of carbonyl (C=O) groups is 1. The fraction of sp³-hybridized carbons (Fsp3) is 0.292. The Morgan fingerprint density at radius 2 is 1.94 bits per heavy atom. The first-order chi connectivity index (χ1) is 16.9. The number of amides is 1. The molecule has 10 nitrogen and oxygen atoms in total. The maximum Gasteiger partial charge on any atom is 0.269 e. The molecule has 4 N–H and O–H groups in total. The molecule has 0 bridgehead atoms. The Morgan fingerprint density at radius 3 is 2.69 bits per heavy atom. The molecule has 3 heterocycles. The van der Waals surface area contributed by atoms with Crippen LogP contribution < -0.4 is 5.32 Å². The minimum Gasteiger partial charge on any atom is -0.394 e. The summed E-state index contributed by atoms with van der Waals surface area (Å²) in [5.41, 5.74) is 2.00. The van der Waals surface area contributed by atoms with E-state index >= 15 is 0 Å². The highest BCUT2D eigenvalue weighted by molar-refractivity contribution is 5.98. The number of rotatable bonds is 5. The predicted molar refractivity (Wildman–Crippen MR) is 123 cm³/mol. The molecule has 1 fully saturated rings. The van der Waals surface area contributed by atoms with E-state index in [1.807, 2.05) is 24.3 Å². The van der Waals surface area contributed by atoms with Gasteiger partial charge >= 0.3 is 0 Å². The van der Waals surface area contributed by atoms with Crippen molar-refractivity contribution in [3.05, 3.63) is 72.3 Å². The van der Waals surface area contributed by atoms with Crippen molar-refractivity contribution in [1.29, 1.82) is 0 Å². The Hall–Kier alpha value is -3.64. The van der Waals surface area contributed by atoms with Crippen LogP contribution in [0.15, 0.2) is 60.8 Å². The highest BCUT2D eigenvalue weighted by atomic mass is 19.1. The van der Waals surface area contributed by atoms with Gasteiger partial charge in [0.2, 0.25) is 0 Å². The molecule has 2 aromatic heterocycles. The van der Waals surface area contributed by atoms with E-state index in [1.54, 1.807) is 23.7 Å². The molecular formula is C24H24FN5O5. The van der Waals surface area contributed by atoms with Crippen molar-refractivity contribution in [2.24, 2.45) is 7.05 Å². The first-order valence-corrected chi connectivity index (χ1v) is 11.0. The summed E-state index contributed by atoms with van der Waals surface area (Å²) >= 11 is 0. The molecule has 182 valence electrons. The van der Waals surface area contributed by atoms with Crippen LogP contribution in [0.5, 0.6) is 0 Å². The molecule has 2 aromatic carbocycles. The van der Waals surface area contributed by atoms with E-state index in [0.717, 1.165) is 10.9 Å². The number of fused-ring (bicyclic) bond motifs is 1. The van der Waals surface area contributed by atoms with Gasteiger partial charge in [-0.3, -0.25) is 4.79 Å². The zero-order valence-electron chi connectivity index (χ0n) is 18.7. The summed E-state index contributed by atoms with van der Waals surface area (Å²) in [6.07, 6.45) is -3.71. The van der Waals surface area contributed by atoms with E-state index in [-0.39, 0.29) is 0 Å². The second kappa shape index (κ2) is 9.19. The second-order valence-corrected chi connectivity index (χ2v) is 8.46. The van der Waals surface area contributed by atoms with Gasteiger partial charge in [-0.25, -0.2) is 9.07 Å². The lowest BCUT2D eigenvalue weighted by molar-refractivity contribution is -0.210. The number of hydrogen-bond donors (Lipinski definition) is 4. The molecule has 0 saturated carbocycles. The van der Waals surface area contributed by atoms with E-state index < -0.39 is 48.9 Å². The third-order valence-corrected chi connectivity index (χ3v) is 6.29. The number of benzene rings is 2. The Morgan fingerprint density at radius 1 is 1.14 bits per heavy atom. The average molecular weight is 481 g/mol. The fourth-order valence-corrected chi connectivity index (χ4v) is 4.45. The average Bonchev–Trinajstić information content (AvgIpc) is 3.46. The lowest BCUT2D eigenvalue weighted by atomic mass is 9.95. The Labute approximate surface area is 199 Å². The maximum absolute atomic E-state index is 13.6. The number of para-hydroxylation sites is 1. The van der Waals surface area contributed by atoms with Crippen LogP contribution in [0.3, 0.4) is 0 Å². The van der Waals surface area contributed by atoms with Gasteiger partial charge in [-0.15, -0.1) is 5.10 Å². The lowest BCUT2D eigenvalue weighted by Gasteiger charge is -2.42. The van der Waals surface area contributed by atoms with Crippen LogP contribution in [0.2, 0.25) is 0 Å². The van der Waals surface area contributed by atoms with Crippen LogP contribution >= 0.6 is 0 Å². The van der Waals surface area contributed by atoms with Crippen molar-refractivity contribution in [1.82, 2.24) is 24.9 Å². The quantitative estimate of drug-likeness (QED) is 0.334. The van der Waals surface area contributed by atoms with Gasteiger partial charge in [-0.05, 0) is 24.3 Å². The zero-order chi connectivity index (χ0) is 24.7. The summed E-state index contributed by atoms with van der Waals surface area (Å²) < 4.78 is 22.2. The number of nitrogens with one attached hydrogen (secondary N) is 1. The SMILES string of the molecule is Cn1c(C(=O)N[C@@H]2OC(CO)C(O)[C@H](n3cc(-c4cccc(F)c4)nn3)[C@H]2O)cc2ccccc21. The Kier molecular flexibility index (Phi) is 6.07. The topological polar surface area (TPSA) is 135 Å². The summed E-state index contributed by atoms with van der Waals surface area (Å²) in [5, 5.41) is 43.1. The van der Waals surface area contributed by atoms with Crippen molar-refractivity contribution in [3.8, 4) is 11.3 Å². The van der Waals surface area contributed by atoms with Gasteiger partial charge in [0.1, 0.15) is 41.6 Å². The molecule has 0 radical (unpaired) electrons. The number of aromatic nitrogens is 4. The highest BCUT2D eigenvalue weighted by Crippen LogP contribution is 2.30. The normalized spacial score (nSPS) is 24.5. The summed E-state index contributed by atoms with van der Waals surface area (Å²) in [4.78, 5) is 13.1. The van der Waals surface area contributed by atoms with Crippen LogP contribution in [0.1, 0.15) is 16.5 Å². The van der Waals surface area contributed by atoms with Crippen molar-refractivity contribution in [2.45, 2.75) is 30.6 Å². The van der Waals surface area contributed by atoms with Crippen LogP contribution in [-0.2, 0) is 11.8 Å². The largest absolute Gasteiger partial charge is 0.394 e. The van der Waals surface area contributed by atoms with Crippen LogP contribution in [-0.4, -0.2) is 71.9 Å². The zero-order valence-corrected chi connectivity index (χ0v) is 18.7. The number of ether oxygens (including phenoxy) is 1. The molecular weight excluding hydrogens is 457 g/mol. The third-order valence-electron chi connectivity index (χ3n) is 6.29. The van der Waals surface area contributed by atoms with Crippen molar-refractivity contribution >= 4 is 16.8 Å². The van der Waals surface area contributed by atoms with Crippen LogP contribution in [0, 0.1) is 5.82 Å². The Bertz CT molecular complexity index is 1370. The summed E-state index contributed by atoms with van der Waals surface area (Å²) in [6, 6.07) is 13.9. The van der Waals surface area contributed by atoms with Gasteiger partial charge in [0.25, 0.3) is 5.91 Å². The van der Waals surface area contributed by atoms with Gasteiger partial charge < -0.3 is 29.9 Å². The standard InChI is InChI=1S/C24H24FN5O5/c1-29-17-8-3-2-5-14(17)10-18(29)23(34)26-24-22(33)20(21(32)19(12-31)35-24)30-11-16(27-28-30)13-6-4-7-15(25)9-13/h2-11,19-22,24,31-33H,12H2,1H3,(H,26,34)/t19?,20-,21?,22+,24+/m0/s1. The monoisotopic (exact) mass is 481 g/mol. The van der Waals surface area contributed by atoms with E-state index in [2.05, 4.69) is 15.6 Å². The summed E-state index contributed by atoms with van der Waals surface area (Å²) in [6.45, 7) is -0.559. The minimum absolute atomic E-state index is 0.326. The highest BCUT2D eigenvalue weighted by Gasteiger charge is 2.46. The van der Waals surface area contributed by atoms with Gasteiger partial charge in [0, 0.05) is 23.5 Å². The fourth-order valence-electron chi connectivity index (χ4n) is 4.45. The van der Waals surface area contributed by atoms with Crippen LogP contribution in [0.25, 0.3) is 22.2 Å². The number of aliphatic hydroxyl groups is 3. The molecule has 1 saturated heterocycles. The minimum atomic E-state index is -1.44. The molecule has 1 amide bonds. The molecule has 1 aliphatic rings.